The summed E-state index contributed by atoms with van der Waals surface area (Å²) in [6.07, 6.45) is 4.65. The number of aromatic nitrogens is 1. The van der Waals surface area contributed by atoms with E-state index < -0.39 is 0 Å². The maximum Gasteiger partial charge on any atom is 0.341 e. The van der Waals surface area contributed by atoms with Gasteiger partial charge in [-0.15, -0.1) is 23.1 Å². The zero-order chi connectivity index (χ0) is 26.2. The van der Waals surface area contributed by atoms with Crippen LogP contribution in [0.5, 0.6) is 0 Å². The molecular weight excluding hydrogens is 502 g/mol. The van der Waals surface area contributed by atoms with E-state index in [1.807, 2.05) is 12.1 Å². The predicted molar refractivity (Wildman–Crippen MR) is 148 cm³/mol. The maximum atomic E-state index is 12.9. The summed E-state index contributed by atoms with van der Waals surface area (Å²) in [5.74, 6) is 0.337. The number of benzene rings is 1. The molecule has 6 nitrogen and oxygen atoms in total. The number of nitrogens with one attached hydrogen (secondary N) is 1. The van der Waals surface area contributed by atoms with E-state index in [0.29, 0.717) is 32.8 Å². The molecule has 2 heterocycles. The number of hydrogen-bond donors (Lipinski definition) is 1. The monoisotopic (exact) mass is 533 g/mol. The molecule has 0 saturated carbocycles. The van der Waals surface area contributed by atoms with Crippen molar-refractivity contribution in [1.29, 1.82) is 5.26 Å². The topological polar surface area (TPSA) is 92.1 Å². The zero-order valence-electron chi connectivity index (χ0n) is 21.2. The lowest BCUT2D eigenvalue weighted by Gasteiger charge is -2.23. The molecule has 0 radical (unpaired) electrons. The van der Waals surface area contributed by atoms with Crippen LogP contribution in [0, 0.1) is 11.3 Å². The van der Waals surface area contributed by atoms with Gasteiger partial charge in [0, 0.05) is 22.7 Å². The van der Waals surface area contributed by atoms with Crippen LogP contribution in [0.15, 0.2) is 47.5 Å². The van der Waals surface area contributed by atoms with Gasteiger partial charge in [-0.05, 0) is 61.8 Å². The minimum atomic E-state index is -0.376. The zero-order valence-corrected chi connectivity index (χ0v) is 22.8. The molecule has 0 bridgehead atoms. The van der Waals surface area contributed by atoms with E-state index in [2.05, 4.69) is 47.6 Å². The van der Waals surface area contributed by atoms with Gasteiger partial charge in [-0.1, -0.05) is 43.7 Å². The van der Waals surface area contributed by atoms with Crippen LogP contribution in [-0.2, 0) is 28.8 Å². The van der Waals surface area contributed by atoms with Crippen molar-refractivity contribution in [2.24, 2.45) is 0 Å². The average Bonchev–Trinajstić information content (AvgIpc) is 3.26. The summed E-state index contributed by atoms with van der Waals surface area (Å²) >= 11 is 2.90. The minimum Gasteiger partial charge on any atom is -0.462 e. The Hall–Kier alpha value is -3.15. The number of amides is 1. The van der Waals surface area contributed by atoms with Gasteiger partial charge in [0.25, 0.3) is 0 Å². The maximum absolute atomic E-state index is 12.9. The Morgan fingerprint density at radius 1 is 1.22 bits per heavy atom. The van der Waals surface area contributed by atoms with Crippen molar-refractivity contribution in [3.63, 3.8) is 0 Å². The van der Waals surface area contributed by atoms with Gasteiger partial charge in [0.1, 0.15) is 16.1 Å². The molecule has 0 spiro atoms. The molecule has 1 unspecified atom stereocenters. The van der Waals surface area contributed by atoms with Crippen molar-refractivity contribution in [1.82, 2.24) is 4.98 Å². The first-order valence-corrected chi connectivity index (χ1v) is 14.5. The van der Waals surface area contributed by atoms with Gasteiger partial charge in [0.2, 0.25) is 5.91 Å². The fraction of sp³-hybridized carbons (Fsp3) is 0.379. The summed E-state index contributed by atoms with van der Waals surface area (Å²) in [7, 11) is 0. The second-order valence-corrected chi connectivity index (χ2v) is 11.1. The molecule has 0 saturated heterocycles. The first-order chi connectivity index (χ1) is 18.0. The number of anilines is 1. The van der Waals surface area contributed by atoms with Gasteiger partial charge >= 0.3 is 5.97 Å². The molecule has 1 aliphatic carbocycles. The second kappa shape index (κ2) is 12.9. The quantitative estimate of drug-likeness (QED) is 0.235. The van der Waals surface area contributed by atoms with Gasteiger partial charge in [-0.3, -0.25) is 4.79 Å². The third-order valence-electron chi connectivity index (χ3n) is 6.38. The molecule has 1 N–H and O–H groups in total. The molecule has 0 aliphatic heterocycles. The second-order valence-electron chi connectivity index (χ2n) is 8.94. The Morgan fingerprint density at radius 3 is 2.76 bits per heavy atom. The van der Waals surface area contributed by atoms with Crippen LogP contribution in [0.25, 0.3) is 0 Å². The molecule has 3 aromatic rings. The number of nitrogens with zero attached hydrogens (tertiary/aromatic N) is 2. The molecule has 1 aromatic carbocycles. The molecule has 37 heavy (non-hydrogen) atoms. The summed E-state index contributed by atoms with van der Waals surface area (Å²) in [4.78, 5) is 31.5. The lowest BCUT2D eigenvalue weighted by Crippen LogP contribution is -2.17. The van der Waals surface area contributed by atoms with E-state index in [-0.39, 0.29) is 24.9 Å². The molecule has 1 amide bonds. The number of thiophene rings is 1. The number of fused-ring (bicyclic) bond motifs is 1. The van der Waals surface area contributed by atoms with E-state index in [1.54, 1.807) is 13.0 Å². The van der Waals surface area contributed by atoms with Crippen LogP contribution in [0.2, 0.25) is 0 Å². The van der Waals surface area contributed by atoms with Crippen molar-refractivity contribution in [2.75, 3.05) is 17.7 Å². The number of aryl methyl sites for hydroxylation is 1. The Morgan fingerprint density at radius 2 is 2.03 bits per heavy atom. The van der Waals surface area contributed by atoms with Crippen molar-refractivity contribution < 1.29 is 14.3 Å². The summed E-state index contributed by atoms with van der Waals surface area (Å²) in [6, 6.07) is 16.3. The fourth-order valence-electron chi connectivity index (χ4n) is 4.60. The summed E-state index contributed by atoms with van der Waals surface area (Å²) < 4.78 is 5.36. The van der Waals surface area contributed by atoms with Crippen molar-refractivity contribution >= 4 is 40.0 Å². The number of thioether (sulfide) groups is 1. The molecular formula is C29H31N3O3S2. The van der Waals surface area contributed by atoms with Gasteiger partial charge in [-0.2, -0.15) is 5.26 Å². The SMILES string of the molecule is CCCc1ccc(C#N)c(SCCC(=O)Nc2sc3c(c2C(=O)OCC)CCC(c2ccccc2)C3)n1. The van der Waals surface area contributed by atoms with Gasteiger partial charge in [0.15, 0.2) is 0 Å². The normalized spacial score (nSPS) is 14.5. The number of nitriles is 1. The van der Waals surface area contributed by atoms with Crippen LogP contribution in [0.3, 0.4) is 0 Å². The molecule has 4 rings (SSSR count). The first-order valence-electron chi connectivity index (χ1n) is 12.7. The Balaban J connectivity index is 1.46. The number of hydrogen-bond acceptors (Lipinski definition) is 7. The van der Waals surface area contributed by atoms with Crippen LogP contribution in [-0.4, -0.2) is 29.2 Å². The molecule has 1 atom stereocenters. The highest BCUT2D eigenvalue weighted by atomic mass is 32.2. The van der Waals surface area contributed by atoms with Crippen molar-refractivity contribution in [3.8, 4) is 6.07 Å². The number of esters is 1. The van der Waals surface area contributed by atoms with Crippen molar-refractivity contribution in [3.05, 3.63) is 75.3 Å². The van der Waals surface area contributed by atoms with Crippen molar-refractivity contribution in [2.45, 2.75) is 63.3 Å². The standard InChI is InChI=1S/C29H31N3O3S2/c1-3-8-22-13-11-21(18-30)27(31-22)36-16-15-25(33)32-28-26(29(34)35-4-2)23-14-12-20(17-24(23)37-28)19-9-6-5-7-10-19/h5-7,9-11,13,20H,3-4,8,12,14-17H2,1-2H3,(H,32,33). The number of rotatable bonds is 10. The third kappa shape index (κ3) is 6.60. The Kier molecular flexibility index (Phi) is 9.37. The van der Waals surface area contributed by atoms with Gasteiger partial charge < -0.3 is 10.1 Å². The lowest BCUT2D eigenvalue weighted by atomic mass is 9.83. The lowest BCUT2D eigenvalue weighted by molar-refractivity contribution is -0.115. The molecule has 1 aliphatic rings. The number of ether oxygens (including phenoxy) is 1. The Bertz CT molecular complexity index is 1300. The fourth-order valence-corrected chi connectivity index (χ4v) is 6.87. The van der Waals surface area contributed by atoms with E-state index in [1.165, 1.54) is 28.7 Å². The van der Waals surface area contributed by atoms with E-state index in [9.17, 15) is 14.9 Å². The predicted octanol–water partition coefficient (Wildman–Crippen LogP) is 6.54. The van der Waals surface area contributed by atoms with Crippen LogP contribution in [0.1, 0.15) is 76.6 Å². The van der Waals surface area contributed by atoms with E-state index in [0.717, 1.165) is 48.2 Å². The van der Waals surface area contributed by atoms with E-state index >= 15 is 0 Å². The highest BCUT2D eigenvalue weighted by molar-refractivity contribution is 7.99. The average molecular weight is 534 g/mol. The molecule has 8 heteroatoms. The smallest absolute Gasteiger partial charge is 0.341 e. The molecule has 192 valence electrons. The largest absolute Gasteiger partial charge is 0.462 e. The summed E-state index contributed by atoms with van der Waals surface area (Å²) in [6.45, 7) is 4.16. The van der Waals surface area contributed by atoms with Crippen LogP contribution < -0.4 is 5.32 Å². The van der Waals surface area contributed by atoms with Crippen LogP contribution >= 0.6 is 23.1 Å². The number of carbonyl (C=O) groups is 2. The minimum absolute atomic E-state index is 0.167. The van der Waals surface area contributed by atoms with Gasteiger partial charge in [-0.25, -0.2) is 9.78 Å². The number of carbonyl (C=O) groups excluding carboxylic acids is 2. The third-order valence-corrected chi connectivity index (χ3v) is 8.54. The first kappa shape index (κ1) is 26.9. The highest BCUT2D eigenvalue weighted by Crippen LogP contribution is 2.43. The molecule has 0 fully saturated rings. The van der Waals surface area contributed by atoms with Gasteiger partial charge in [0.05, 0.1) is 17.7 Å². The summed E-state index contributed by atoms with van der Waals surface area (Å²) in [5, 5.41) is 13.6. The Labute approximate surface area is 226 Å². The number of pyridine rings is 1. The van der Waals surface area contributed by atoms with E-state index in [4.69, 9.17) is 4.74 Å². The van der Waals surface area contributed by atoms with Crippen LogP contribution in [0.4, 0.5) is 5.00 Å². The summed E-state index contributed by atoms with van der Waals surface area (Å²) in [5.41, 5.74) is 4.29. The highest BCUT2D eigenvalue weighted by Gasteiger charge is 2.30. The molecule has 2 aromatic heterocycles.